The summed E-state index contributed by atoms with van der Waals surface area (Å²) in [5.74, 6) is -0.723. The van der Waals surface area contributed by atoms with E-state index in [1.165, 1.54) is 24.1 Å². The third-order valence-corrected chi connectivity index (χ3v) is 11.0. The predicted octanol–water partition coefficient (Wildman–Crippen LogP) is 7.57. The van der Waals surface area contributed by atoms with Crippen LogP contribution < -0.4 is 14.4 Å². The van der Waals surface area contributed by atoms with Crippen molar-refractivity contribution in [3.05, 3.63) is 124 Å². The van der Waals surface area contributed by atoms with E-state index in [-0.39, 0.29) is 23.9 Å². The maximum absolute atomic E-state index is 14.7. The van der Waals surface area contributed by atoms with Gasteiger partial charge in [-0.1, -0.05) is 84.6 Å². The summed E-state index contributed by atoms with van der Waals surface area (Å²) in [5.41, 5.74) is 0.419. The maximum Gasteiger partial charge on any atom is 0.417 e. The number of alkyl halides is 3. The number of nitrogens with zero attached hydrogens (tertiary/aromatic N) is 2. The minimum absolute atomic E-state index is 0.0854. The fraction of sp³-hybridized carbons (Fsp3) is 0.316. The summed E-state index contributed by atoms with van der Waals surface area (Å²) in [6, 6.07) is 23.2. The third kappa shape index (κ3) is 9.42. The highest BCUT2D eigenvalue weighted by Crippen LogP contribution is 2.38. The van der Waals surface area contributed by atoms with Crippen LogP contribution in [0.3, 0.4) is 0 Å². The van der Waals surface area contributed by atoms with E-state index in [1.807, 2.05) is 30.3 Å². The zero-order chi connectivity index (χ0) is 36.8. The Morgan fingerprint density at radius 1 is 0.922 bits per heavy atom. The van der Waals surface area contributed by atoms with Gasteiger partial charge in [0.2, 0.25) is 11.8 Å². The van der Waals surface area contributed by atoms with Crippen molar-refractivity contribution < 1.29 is 35.9 Å². The summed E-state index contributed by atoms with van der Waals surface area (Å²) in [7, 11) is -3.14. The standard InChI is InChI=1S/C38H39ClF3N3O5S/c1-26-15-18-32(19-16-26)51(48,49)45(30-17-20-34(39)33(23-30)38(40,41)42)25-36(46)44(24-28-11-8-14-31(21-28)50-2)35(22-27-9-4-3-5-10-27)37(47)43-29-12-6-7-13-29/h3-5,8-11,14-21,23,29,35H,6-7,12-13,22,24-25H2,1-2H3,(H,43,47)/t35-/m0/s1. The molecule has 0 aliphatic heterocycles. The van der Waals surface area contributed by atoms with Crippen LogP contribution in [0.25, 0.3) is 0 Å². The number of rotatable bonds is 13. The van der Waals surface area contributed by atoms with E-state index in [9.17, 15) is 31.2 Å². The second kappa shape index (κ2) is 16.2. The van der Waals surface area contributed by atoms with Crippen molar-refractivity contribution in [2.24, 2.45) is 0 Å². The largest absolute Gasteiger partial charge is 0.497 e. The molecule has 5 rings (SSSR count). The first-order valence-corrected chi connectivity index (χ1v) is 18.3. The molecule has 0 heterocycles. The lowest BCUT2D eigenvalue weighted by molar-refractivity contribution is -0.140. The minimum Gasteiger partial charge on any atom is -0.497 e. The lowest BCUT2D eigenvalue weighted by atomic mass is 10.0. The quantitative estimate of drug-likeness (QED) is 0.153. The molecule has 0 unspecified atom stereocenters. The van der Waals surface area contributed by atoms with Crippen molar-refractivity contribution in [3.8, 4) is 5.75 Å². The minimum atomic E-state index is -4.91. The summed E-state index contributed by atoms with van der Waals surface area (Å²) >= 11 is 5.91. The number of aryl methyl sites for hydroxylation is 1. The number of hydrogen-bond donors (Lipinski definition) is 1. The number of nitrogens with one attached hydrogen (secondary N) is 1. The normalized spacial score (nSPS) is 14.2. The second-order valence-electron chi connectivity index (χ2n) is 12.6. The summed E-state index contributed by atoms with van der Waals surface area (Å²) < 4.78 is 76.7. The third-order valence-electron chi connectivity index (χ3n) is 8.89. The van der Waals surface area contributed by atoms with Gasteiger partial charge in [-0.05, 0) is 73.4 Å². The highest BCUT2D eigenvalue weighted by atomic mass is 35.5. The molecule has 1 fully saturated rings. The number of sulfonamides is 1. The average molecular weight is 742 g/mol. The van der Waals surface area contributed by atoms with Gasteiger partial charge in [-0.3, -0.25) is 13.9 Å². The number of hydrogen-bond acceptors (Lipinski definition) is 5. The summed E-state index contributed by atoms with van der Waals surface area (Å²) in [5, 5.41) is 2.46. The lowest BCUT2D eigenvalue weighted by Crippen LogP contribution is -2.54. The second-order valence-corrected chi connectivity index (χ2v) is 14.8. The Labute approximate surface area is 301 Å². The Bertz CT molecular complexity index is 1940. The molecule has 1 atom stereocenters. The van der Waals surface area contributed by atoms with E-state index in [0.29, 0.717) is 21.7 Å². The van der Waals surface area contributed by atoms with E-state index in [1.54, 1.807) is 43.3 Å². The number of anilines is 1. The van der Waals surface area contributed by atoms with E-state index in [2.05, 4.69) is 5.32 Å². The Kier molecular flexibility index (Phi) is 12.0. The monoisotopic (exact) mass is 741 g/mol. The van der Waals surface area contributed by atoms with E-state index in [4.69, 9.17) is 16.3 Å². The van der Waals surface area contributed by atoms with Crippen LogP contribution in [0.2, 0.25) is 5.02 Å². The molecule has 1 N–H and O–H groups in total. The van der Waals surface area contributed by atoms with Crippen molar-refractivity contribution in [1.29, 1.82) is 0 Å². The van der Waals surface area contributed by atoms with Crippen LogP contribution >= 0.6 is 11.6 Å². The highest BCUT2D eigenvalue weighted by molar-refractivity contribution is 7.92. The Balaban J connectivity index is 1.62. The molecule has 0 radical (unpaired) electrons. The molecule has 1 saturated carbocycles. The van der Waals surface area contributed by atoms with Gasteiger partial charge >= 0.3 is 6.18 Å². The van der Waals surface area contributed by atoms with Crippen molar-refractivity contribution in [3.63, 3.8) is 0 Å². The Hall–Kier alpha value is -4.55. The van der Waals surface area contributed by atoms with Crippen LogP contribution in [-0.2, 0) is 38.8 Å². The van der Waals surface area contributed by atoms with Crippen LogP contribution in [0.4, 0.5) is 18.9 Å². The Morgan fingerprint density at radius 2 is 1.59 bits per heavy atom. The number of ether oxygens (including phenoxy) is 1. The van der Waals surface area contributed by atoms with Gasteiger partial charge in [0.15, 0.2) is 0 Å². The van der Waals surface area contributed by atoms with Gasteiger partial charge in [0.1, 0.15) is 18.3 Å². The molecule has 270 valence electrons. The fourth-order valence-corrected chi connectivity index (χ4v) is 7.77. The van der Waals surface area contributed by atoms with E-state index >= 15 is 0 Å². The molecule has 2 amide bonds. The predicted molar refractivity (Wildman–Crippen MR) is 190 cm³/mol. The first-order valence-electron chi connectivity index (χ1n) is 16.5. The zero-order valence-corrected chi connectivity index (χ0v) is 29.8. The number of carbonyl (C=O) groups excluding carboxylic acids is 2. The molecular formula is C38H39ClF3N3O5S. The van der Waals surface area contributed by atoms with E-state index < -0.39 is 56.9 Å². The average Bonchev–Trinajstić information content (AvgIpc) is 3.62. The summed E-state index contributed by atoms with van der Waals surface area (Å²) in [6.07, 6.45) is -1.34. The van der Waals surface area contributed by atoms with Crippen molar-refractivity contribution in [2.75, 3.05) is 18.0 Å². The molecule has 0 aromatic heterocycles. The van der Waals surface area contributed by atoms with Gasteiger partial charge in [0.25, 0.3) is 10.0 Å². The van der Waals surface area contributed by atoms with Crippen LogP contribution in [0, 0.1) is 6.92 Å². The Morgan fingerprint density at radius 3 is 2.24 bits per heavy atom. The van der Waals surface area contributed by atoms with Crippen LogP contribution in [0.1, 0.15) is 47.9 Å². The molecule has 8 nitrogen and oxygen atoms in total. The maximum atomic E-state index is 14.7. The van der Waals surface area contributed by atoms with Crippen molar-refractivity contribution >= 4 is 39.1 Å². The molecule has 51 heavy (non-hydrogen) atoms. The van der Waals surface area contributed by atoms with Gasteiger partial charge in [-0.25, -0.2) is 8.42 Å². The van der Waals surface area contributed by atoms with E-state index in [0.717, 1.165) is 48.9 Å². The number of amides is 2. The SMILES string of the molecule is COc1cccc(CN(C(=O)CN(c2ccc(Cl)c(C(F)(F)F)c2)S(=O)(=O)c2ccc(C)cc2)[C@@H](Cc2ccccc2)C(=O)NC2CCCC2)c1. The molecule has 0 saturated heterocycles. The molecule has 1 aliphatic carbocycles. The van der Waals surface area contributed by atoms with Gasteiger partial charge in [-0.15, -0.1) is 0 Å². The molecular weight excluding hydrogens is 703 g/mol. The van der Waals surface area contributed by atoms with Crippen molar-refractivity contribution in [1.82, 2.24) is 10.2 Å². The lowest BCUT2D eigenvalue weighted by Gasteiger charge is -2.34. The molecule has 1 aliphatic rings. The van der Waals surface area contributed by atoms with Crippen LogP contribution in [0.5, 0.6) is 5.75 Å². The van der Waals surface area contributed by atoms with Gasteiger partial charge in [0, 0.05) is 19.0 Å². The topological polar surface area (TPSA) is 96.0 Å². The first kappa shape index (κ1) is 37.7. The fourth-order valence-electron chi connectivity index (χ4n) is 6.14. The van der Waals surface area contributed by atoms with Crippen LogP contribution in [0.15, 0.2) is 102 Å². The number of carbonyl (C=O) groups is 2. The molecule has 4 aromatic carbocycles. The number of benzene rings is 4. The van der Waals surface area contributed by atoms with Gasteiger partial charge in [-0.2, -0.15) is 13.2 Å². The summed E-state index contributed by atoms with van der Waals surface area (Å²) in [6.45, 7) is 0.714. The van der Waals surface area contributed by atoms with Crippen LogP contribution in [-0.4, -0.2) is 50.9 Å². The molecule has 13 heteroatoms. The molecule has 0 spiro atoms. The highest BCUT2D eigenvalue weighted by Gasteiger charge is 2.38. The number of methoxy groups -OCH3 is 1. The first-order chi connectivity index (χ1) is 24.3. The number of halogens is 4. The van der Waals surface area contributed by atoms with Crippen molar-refractivity contribution in [2.45, 2.75) is 68.7 Å². The van der Waals surface area contributed by atoms with Gasteiger partial charge in [0.05, 0.1) is 28.3 Å². The van der Waals surface area contributed by atoms with Gasteiger partial charge < -0.3 is 15.0 Å². The smallest absolute Gasteiger partial charge is 0.417 e. The summed E-state index contributed by atoms with van der Waals surface area (Å²) in [4.78, 5) is 29.9. The molecule has 4 aromatic rings. The zero-order valence-electron chi connectivity index (χ0n) is 28.2. The molecule has 0 bridgehead atoms.